The van der Waals surface area contributed by atoms with Gasteiger partial charge < -0.3 is 10.6 Å². The molecule has 0 unspecified atom stereocenters. The van der Waals surface area contributed by atoms with Crippen molar-refractivity contribution >= 4 is 11.5 Å². The molecule has 0 amide bonds. The van der Waals surface area contributed by atoms with Gasteiger partial charge in [0.05, 0.1) is 0 Å². The van der Waals surface area contributed by atoms with Crippen LogP contribution in [0.3, 0.4) is 0 Å². The maximum absolute atomic E-state index is 5.82. The van der Waals surface area contributed by atoms with E-state index in [1.807, 2.05) is 17.5 Å². The van der Waals surface area contributed by atoms with Crippen LogP contribution in [0.5, 0.6) is 0 Å². The van der Waals surface area contributed by atoms with Crippen molar-refractivity contribution in [1.29, 1.82) is 0 Å². The minimum Gasteiger partial charge on any atom is -0.353 e. The number of nitrogens with two attached hydrogens (primary N) is 1. The highest BCUT2D eigenvalue weighted by atomic mass is 15.3. The molecule has 0 aliphatic heterocycles. The molecule has 0 spiro atoms. The van der Waals surface area contributed by atoms with Crippen molar-refractivity contribution < 1.29 is 0 Å². The first kappa shape index (κ1) is 13.7. The van der Waals surface area contributed by atoms with E-state index in [1.54, 1.807) is 6.20 Å². The molecule has 0 atom stereocenters. The van der Waals surface area contributed by atoms with Gasteiger partial charge in [0.1, 0.15) is 5.82 Å². The van der Waals surface area contributed by atoms with Crippen LogP contribution in [0.15, 0.2) is 12.4 Å². The lowest BCUT2D eigenvalue weighted by Gasteiger charge is -2.31. The fraction of sp³-hybridized carbons (Fsp3) is 0.615. The van der Waals surface area contributed by atoms with Gasteiger partial charge in [0.15, 0.2) is 5.82 Å². The van der Waals surface area contributed by atoms with Gasteiger partial charge in [-0.1, -0.05) is 13.8 Å². The van der Waals surface area contributed by atoms with E-state index in [-0.39, 0.29) is 5.41 Å². The molecule has 0 saturated carbocycles. The molecule has 0 saturated heterocycles. The summed E-state index contributed by atoms with van der Waals surface area (Å²) in [7, 11) is 0. The lowest BCUT2D eigenvalue weighted by molar-refractivity contribution is 0.379. The Morgan fingerprint density at radius 3 is 2.74 bits per heavy atom. The number of hydrogen-bond acceptors (Lipinski definition) is 5. The van der Waals surface area contributed by atoms with Gasteiger partial charge in [0.25, 0.3) is 0 Å². The normalized spacial score (nSPS) is 12.1. The smallest absolute Gasteiger partial charge is 0.203 e. The third kappa shape index (κ3) is 2.68. The average Bonchev–Trinajstić information content (AvgIpc) is 2.78. The molecular weight excluding hydrogens is 240 g/mol. The van der Waals surface area contributed by atoms with Crippen LogP contribution in [0.1, 0.15) is 26.6 Å². The molecule has 0 radical (unpaired) electrons. The van der Waals surface area contributed by atoms with Crippen LogP contribution in [-0.2, 0) is 0 Å². The number of nitrogens with zero attached hydrogens (tertiary/aromatic N) is 5. The zero-order chi connectivity index (χ0) is 14.0. The summed E-state index contributed by atoms with van der Waals surface area (Å²) < 4.78 is 1.96. The summed E-state index contributed by atoms with van der Waals surface area (Å²) >= 11 is 0. The quantitative estimate of drug-likeness (QED) is 0.877. The fourth-order valence-corrected chi connectivity index (χ4v) is 2.07. The largest absolute Gasteiger partial charge is 0.353 e. The van der Waals surface area contributed by atoms with Crippen LogP contribution >= 0.6 is 0 Å². The summed E-state index contributed by atoms with van der Waals surface area (Å²) in [5.74, 6) is 1.74. The van der Waals surface area contributed by atoms with Crippen molar-refractivity contribution in [1.82, 2.24) is 19.6 Å². The van der Waals surface area contributed by atoms with Crippen molar-refractivity contribution in [2.75, 3.05) is 24.5 Å². The van der Waals surface area contributed by atoms with E-state index in [0.717, 1.165) is 30.4 Å². The van der Waals surface area contributed by atoms with Gasteiger partial charge >= 0.3 is 0 Å². The molecule has 2 N–H and O–H groups in total. The number of aryl methyl sites for hydroxylation is 1. The Morgan fingerprint density at radius 2 is 2.11 bits per heavy atom. The number of hydrogen-bond donors (Lipinski definition) is 1. The van der Waals surface area contributed by atoms with E-state index in [0.29, 0.717) is 6.54 Å². The van der Waals surface area contributed by atoms with E-state index in [9.17, 15) is 0 Å². The second-order valence-corrected chi connectivity index (χ2v) is 5.57. The van der Waals surface area contributed by atoms with Gasteiger partial charge in [-0.2, -0.15) is 0 Å². The Morgan fingerprint density at radius 1 is 1.37 bits per heavy atom. The van der Waals surface area contributed by atoms with Crippen molar-refractivity contribution in [2.24, 2.45) is 11.1 Å². The molecule has 0 fully saturated rings. The molecule has 2 rings (SSSR count). The van der Waals surface area contributed by atoms with Gasteiger partial charge in [0.2, 0.25) is 5.65 Å². The van der Waals surface area contributed by atoms with Crippen molar-refractivity contribution in [3.8, 4) is 0 Å². The molecule has 0 aliphatic rings. The summed E-state index contributed by atoms with van der Waals surface area (Å²) in [5.41, 5.74) is 6.67. The number of anilines is 1. The van der Waals surface area contributed by atoms with Crippen molar-refractivity contribution in [3.63, 3.8) is 0 Å². The lowest BCUT2D eigenvalue weighted by atomic mass is 9.93. The Kier molecular flexibility index (Phi) is 3.71. The maximum Gasteiger partial charge on any atom is 0.203 e. The van der Waals surface area contributed by atoms with E-state index < -0.39 is 0 Å². The first-order valence-corrected chi connectivity index (χ1v) is 6.60. The SMILES string of the molecule is CCN(CC(C)(C)CN)c1nccn2c(C)nnc12. The summed E-state index contributed by atoms with van der Waals surface area (Å²) in [5, 5.41) is 8.33. The van der Waals surface area contributed by atoms with Crippen LogP contribution in [0.2, 0.25) is 0 Å². The first-order valence-electron chi connectivity index (χ1n) is 6.60. The monoisotopic (exact) mass is 262 g/mol. The highest BCUT2D eigenvalue weighted by Crippen LogP contribution is 2.22. The number of aromatic nitrogens is 4. The summed E-state index contributed by atoms with van der Waals surface area (Å²) in [4.78, 5) is 6.68. The molecule has 0 bridgehead atoms. The molecule has 0 aromatic carbocycles. The lowest BCUT2D eigenvalue weighted by Crippen LogP contribution is -2.39. The highest BCUT2D eigenvalue weighted by Gasteiger charge is 2.22. The van der Waals surface area contributed by atoms with Crippen LogP contribution in [0, 0.1) is 12.3 Å². The molecule has 2 aromatic heterocycles. The standard InChI is InChI=1S/C13H22N6/c1-5-18(9-13(3,4)8-14)11-12-17-16-10(2)19(12)7-6-15-11/h6-7H,5,8-9,14H2,1-4H3. The predicted molar refractivity (Wildman–Crippen MR) is 76.2 cm³/mol. The minimum absolute atomic E-state index is 0.0413. The highest BCUT2D eigenvalue weighted by molar-refractivity contribution is 5.63. The van der Waals surface area contributed by atoms with Gasteiger partial charge in [0, 0.05) is 25.5 Å². The topological polar surface area (TPSA) is 72.3 Å². The Labute approximate surface area is 113 Å². The van der Waals surface area contributed by atoms with Crippen molar-refractivity contribution in [2.45, 2.75) is 27.7 Å². The van der Waals surface area contributed by atoms with Crippen molar-refractivity contribution in [3.05, 3.63) is 18.2 Å². The van der Waals surface area contributed by atoms with E-state index >= 15 is 0 Å². The Balaban J connectivity index is 2.41. The summed E-state index contributed by atoms with van der Waals surface area (Å²) in [6, 6.07) is 0. The maximum atomic E-state index is 5.82. The second kappa shape index (κ2) is 5.13. The average molecular weight is 262 g/mol. The number of fused-ring (bicyclic) bond motifs is 1. The van der Waals surface area contributed by atoms with E-state index in [4.69, 9.17) is 5.73 Å². The molecule has 6 nitrogen and oxygen atoms in total. The number of rotatable bonds is 5. The Bertz CT molecular complexity index is 559. The molecule has 0 aliphatic carbocycles. The predicted octanol–water partition coefficient (Wildman–Crippen LogP) is 1.24. The minimum atomic E-state index is 0.0413. The fourth-order valence-electron chi connectivity index (χ4n) is 2.07. The zero-order valence-corrected chi connectivity index (χ0v) is 12.1. The van der Waals surface area contributed by atoms with Crippen LogP contribution in [-0.4, -0.2) is 39.2 Å². The second-order valence-electron chi connectivity index (χ2n) is 5.57. The van der Waals surface area contributed by atoms with E-state index in [1.165, 1.54) is 0 Å². The van der Waals surface area contributed by atoms with Gasteiger partial charge in [-0.15, -0.1) is 10.2 Å². The van der Waals surface area contributed by atoms with Gasteiger partial charge in [-0.3, -0.25) is 4.40 Å². The van der Waals surface area contributed by atoms with Crippen LogP contribution < -0.4 is 10.6 Å². The molecule has 19 heavy (non-hydrogen) atoms. The van der Waals surface area contributed by atoms with E-state index in [2.05, 4.69) is 40.9 Å². The summed E-state index contributed by atoms with van der Waals surface area (Å²) in [6.45, 7) is 10.7. The molecule has 2 heterocycles. The molecule has 104 valence electrons. The molecule has 6 heteroatoms. The van der Waals surface area contributed by atoms with Gasteiger partial charge in [-0.25, -0.2) is 4.98 Å². The third-order valence-electron chi connectivity index (χ3n) is 3.33. The first-order chi connectivity index (χ1) is 8.98. The Hall–Kier alpha value is -1.69. The van der Waals surface area contributed by atoms with Crippen LogP contribution in [0.25, 0.3) is 5.65 Å². The third-order valence-corrected chi connectivity index (χ3v) is 3.33. The molecule has 2 aromatic rings. The van der Waals surface area contributed by atoms with Gasteiger partial charge in [-0.05, 0) is 25.8 Å². The summed E-state index contributed by atoms with van der Waals surface area (Å²) in [6.07, 6.45) is 3.67. The zero-order valence-electron chi connectivity index (χ0n) is 12.1. The molecular formula is C13H22N6. The van der Waals surface area contributed by atoms with Crippen LogP contribution in [0.4, 0.5) is 5.82 Å².